The van der Waals surface area contributed by atoms with Crippen LogP contribution in [0.5, 0.6) is 0 Å². The number of nitrogens with zero attached hydrogens (tertiary/aromatic N) is 1. The molecule has 0 unspecified atom stereocenters. The number of ketones is 1. The van der Waals surface area contributed by atoms with Crippen LogP contribution >= 0.6 is 0 Å². The Hall–Kier alpha value is -1.15. The van der Waals surface area contributed by atoms with Gasteiger partial charge in [0.1, 0.15) is 0 Å². The number of rotatable bonds is 3. The largest absolute Gasteiger partial charge is 0.293 e. The third kappa shape index (κ3) is 2.02. The van der Waals surface area contributed by atoms with Crippen LogP contribution in [0.3, 0.4) is 0 Å². The van der Waals surface area contributed by atoms with Crippen molar-refractivity contribution in [1.82, 2.24) is 4.90 Å². The number of carbonyl (C=O) groups excluding carboxylic acids is 1. The van der Waals surface area contributed by atoms with Crippen molar-refractivity contribution in [3.63, 3.8) is 0 Å². The predicted molar refractivity (Wildman–Crippen MR) is 56.7 cm³/mol. The molecule has 2 heteroatoms. The molecule has 0 N–H and O–H groups in total. The Kier molecular flexibility index (Phi) is 2.38. The molecule has 0 aromatic heterocycles. The van der Waals surface area contributed by atoms with Crippen LogP contribution in [0, 0.1) is 13.8 Å². The average molecular weight is 189 g/mol. The van der Waals surface area contributed by atoms with Crippen LogP contribution in [-0.2, 0) is 0 Å². The zero-order valence-electron chi connectivity index (χ0n) is 8.71. The van der Waals surface area contributed by atoms with E-state index in [2.05, 4.69) is 4.90 Å². The highest BCUT2D eigenvalue weighted by Gasteiger charge is 2.21. The lowest BCUT2D eigenvalue weighted by Gasteiger charge is -2.06. The van der Waals surface area contributed by atoms with E-state index in [1.54, 1.807) is 0 Å². The highest BCUT2D eigenvalue weighted by Crippen LogP contribution is 2.13. The maximum Gasteiger partial charge on any atom is 0.177 e. The average Bonchev–Trinajstić information content (AvgIpc) is 2.93. The molecule has 2 rings (SSSR count). The van der Waals surface area contributed by atoms with Crippen LogP contribution in [0.2, 0.25) is 0 Å². The molecule has 1 aromatic rings. The Morgan fingerprint density at radius 2 is 2.07 bits per heavy atom. The number of aryl methyl sites for hydroxylation is 2. The standard InChI is InChI=1S/C12H15NO/c1-9-3-4-10(2)11(7-9)12(14)8-13-5-6-13/h3-4,7H,5-6,8H2,1-2H3. The molecular weight excluding hydrogens is 174 g/mol. The number of carbonyl (C=O) groups is 1. The fourth-order valence-corrected chi connectivity index (χ4v) is 1.55. The van der Waals surface area contributed by atoms with Gasteiger partial charge in [0, 0.05) is 18.7 Å². The summed E-state index contributed by atoms with van der Waals surface area (Å²) < 4.78 is 0. The summed E-state index contributed by atoms with van der Waals surface area (Å²) in [7, 11) is 0. The van der Waals surface area contributed by atoms with Crippen molar-refractivity contribution >= 4 is 5.78 Å². The quantitative estimate of drug-likeness (QED) is 0.533. The van der Waals surface area contributed by atoms with E-state index in [9.17, 15) is 4.79 Å². The molecule has 1 aromatic carbocycles. The van der Waals surface area contributed by atoms with Crippen molar-refractivity contribution in [2.75, 3.05) is 19.6 Å². The van der Waals surface area contributed by atoms with Crippen LogP contribution in [0.15, 0.2) is 18.2 Å². The monoisotopic (exact) mass is 189 g/mol. The summed E-state index contributed by atoms with van der Waals surface area (Å²) in [6.45, 7) is 6.76. The van der Waals surface area contributed by atoms with Crippen molar-refractivity contribution < 1.29 is 4.79 Å². The summed E-state index contributed by atoms with van der Waals surface area (Å²) in [6, 6.07) is 6.05. The number of hydrogen-bond donors (Lipinski definition) is 0. The van der Waals surface area contributed by atoms with Gasteiger partial charge in [-0.2, -0.15) is 0 Å². The van der Waals surface area contributed by atoms with Crippen molar-refractivity contribution in [1.29, 1.82) is 0 Å². The fraction of sp³-hybridized carbons (Fsp3) is 0.417. The Labute approximate surface area is 84.5 Å². The zero-order chi connectivity index (χ0) is 10.1. The predicted octanol–water partition coefficient (Wildman–Crippen LogP) is 1.80. The van der Waals surface area contributed by atoms with E-state index in [1.807, 2.05) is 32.0 Å². The topological polar surface area (TPSA) is 20.1 Å². The van der Waals surface area contributed by atoms with Crippen LogP contribution in [0.4, 0.5) is 0 Å². The lowest BCUT2D eigenvalue weighted by atomic mass is 10.0. The van der Waals surface area contributed by atoms with Crippen molar-refractivity contribution in [2.45, 2.75) is 13.8 Å². The molecule has 0 spiro atoms. The minimum absolute atomic E-state index is 0.253. The maximum absolute atomic E-state index is 11.8. The molecule has 0 saturated carbocycles. The first-order valence-corrected chi connectivity index (χ1v) is 4.99. The Balaban J connectivity index is 2.20. The summed E-state index contributed by atoms with van der Waals surface area (Å²) in [5, 5.41) is 0. The first-order valence-electron chi connectivity index (χ1n) is 4.99. The van der Waals surface area contributed by atoms with Crippen molar-refractivity contribution in [2.24, 2.45) is 0 Å². The number of hydrogen-bond acceptors (Lipinski definition) is 2. The van der Waals surface area contributed by atoms with Crippen LogP contribution in [-0.4, -0.2) is 30.3 Å². The van der Waals surface area contributed by atoms with Crippen LogP contribution in [0.25, 0.3) is 0 Å². The molecule has 0 radical (unpaired) electrons. The number of Topliss-reactive ketones (excluding diaryl/α,β-unsaturated/α-hetero) is 1. The third-order valence-electron chi connectivity index (χ3n) is 2.60. The second kappa shape index (κ2) is 3.54. The SMILES string of the molecule is Cc1ccc(C)c(C(=O)CN2CC2)c1. The molecule has 2 nitrogen and oxygen atoms in total. The minimum Gasteiger partial charge on any atom is -0.293 e. The molecule has 1 heterocycles. The Bertz CT molecular complexity index is 367. The summed E-state index contributed by atoms with van der Waals surface area (Å²) in [6.07, 6.45) is 0. The van der Waals surface area contributed by atoms with E-state index in [0.29, 0.717) is 6.54 Å². The van der Waals surface area contributed by atoms with Crippen molar-refractivity contribution in [3.05, 3.63) is 34.9 Å². The van der Waals surface area contributed by atoms with Gasteiger partial charge in [-0.3, -0.25) is 9.69 Å². The normalized spacial score (nSPS) is 15.6. The van der Waals surface area contributed by atoms with Crippen LogP contribution in [0.1, 0.15) is 21.5 Å². The van der Waals surface area contributed by atoms with Gasteiger partial charge in [0.2, 0.25) is 0 Å². The van der Waals surface area contributed by atoms with Gasteiger partial charge < -0.3 is 0 Å². The molecule has 0 atom stereocenters. The van der Waals surface area contributed by atoms with E-state index < -0.39 is 0 Å². The molecule has 1 fully saturated rings. The molecule has 1 aliphatic heterocycles. The second-order valence-electron chi connectivity index (χ2n) is 4.02. The van der Waals surface area contributed by atoms with E-state index >= 15 is 0 Å². The summed E-state index contributed by atoms with van der Waals surface area (Å²) in [5.41, 5.74) is 3.13. The highest BCUT2D eigenvalue weighted by atomic mass is 16.1. The van der Waals surface area contributed by atoms with Gasteiger partial charge in [-0.05, 0) is 25.5 Å². The van der Waals surface area contributed by atoms with E-state index in [4.69, 9.17) is 0 Å². The molecule has 74 valence electrons. The van der Waals surface area contributed by atoms with Gasteiger partial charge in [-0.25, -0.2) is 0 Å². The molecule has 0 amide bonds. The number of benzene rings is 1. The second-order valence-corrected chi connectivity index (χ2v) is 4.02. The van der Waals surface area contributed by atoms with Gasteiger partial charge in [0.15, 0.2) is 5.78 Å². The Morgan fingerprint density at radius 3 is 2.71 bits per heavy atom. The van der Waals surface area contributed by atoms with Gasteiger partial charge in [-0.1, -0.05) is 17.7 Å². The van der Waals surface area contributed by atoms with Gasteiger partial charge in [0.05, 0.1) is 6.54 Å². The lowest BCUT2D eigenvalue weighted by Crippen LogP contribution is -2.14. The van der Waals surface area contributed by atoms with Crippen LogP contribution < -0.4 is 0 Å². The molecular formula is C12H15NO. The van der Waals surface area contributed by atoms with E-state index in [1.165, 1.54) is 0 Å². The molecule has 1 saturated heterocycles. The maximum atomic E-state index is 11.8. The summed E-state index contributed by atoms with van der Waals surface area (Å²) in [5.74, 6) is 0.253. The van der Waals surface area contributed by atoms with E-state index in [-0.39, 0.29) is 5.78 Å². The van der Waals surface area contributed by atoms with E-state index in [0.717, 1.165) is 29.8 Å². The molecule has 0 bridgehead atoms. The smallest absolute Gasteiger partial charge is 0.177 e. The van der Waals surface area contributed by atoms with Gasteiger partial charge in [-0.15, -0.1) is 0 Å². The summed E-state index contributed by atoms with van der Waals surface area (Å²) in [4.78, 5) is 14.0. The first kappa shape index (κ1) is 9.41. The summed E-state index contributed by atoms with van der Waals surface area (Å²) >= 11 is 0. The first-order chi connectivity index (χ1) is 6.66. The highest BCUT2D eigenvalue weighted by molar-refractivity contribution is 5.99. The van der Waals surface area contributed by atoms with Gasteiger partial charge >= 0.3 is 0 Å². The minimum atomic E-state index is 0.253. The van der Waals surface area contributed by atoms with Gasteiger partial charge in [0.25, 0.3) is 0 Å². The molecule has 1 aliphatic rings. The molecule has 14 heavy (non-hydrogen) atoms. The van der Waals surface area contributed by atoms with Crippen molar-refractivity contribution in [3.8, 4) is 0 Å². The third-order valence-corrected chi connectivity index (χ3v) is 2.60. The zero-order valence-corrected chi connectivity index (χ0v) is 8.71. The lowest BCUT2D eigenvalue weighted by molar-refractivity contribution is 0.0974. The Morgan fingerprint density at radius 1 is 1.36 bits per heavy atom. The fourth-order valence-electron chi connectivity index (χ4n) is 1.55. The molecule has 0 aliphatic carbocycles.